The molecule has 0 radical (unpaired) electrons. The standard InChI is InChI=1S/C17H16ClN3O4/c1-2-13(25-17(24)11-7-8-20-14(18)9-11)16(23)21-12-5-3-10(4-6-12)15(19)22/h3-9,13H,2H2,1H3,(H2,19,22)(H,21,23). The summed E-state index contributed by atoms with van der Waals surface area (Å²) >= 11 is 5.73. The number of hydrogen-bond donors (Lipinski definition) is 2. The van der Waals surface area contributed by atoms with Crippen molar-refractivity contribution in [3.63, 3.8) is 0 Å². The van der Waals surface area contributed by atoms with Gasteiger partial charge < -0.3 is 15.8 Å². The molecule has 130 valence electrons. The van der Waals surface area contributed by atoms with E-state index in [0.717, 1.165) is 0 Å². The molecule has 1 unspecified atom stereocenters. The SMILES string of the molecule is CCC(OC(=O)c1ccnc(Cl)c1)C(=O)Nc1ccc(C(N)=O)cc1. The second-order valence-electron chi connectivity index (χ2n) is 5.10. The Balaban J connectivity index is 2.02. The molecule has 0 bridgehead atoms. The first-order valence-electron chi connectivity index (χ1n) is 7.44. The summed E-state index contributed by atoms with van der Waals surface area (Å²) < 4.78 is 5.23. The number of amides is 2. The molecule has 0 aliphatic rings. The molecule has 2 aromatic rings. The highest BCUT2D eigenvalue weighted by molar-refractivity contribution is 6.29. The number of ether oxygens (including phenoxy) is 1. The summed E-state index contributed by atoms with van der Waals surface area (Å²) in [7, 11) is 0. The quantitative estimate of drug-likeness (QED) is 0.606. The normalized spacial score (nSPS) is 11.4. The lowest BCUT2D eigenvalue weighted by Crippen LogP contribution is -2.32. The van der Waals surface area contributed by atoms with E-state index in [2.05, 4.69) is 10.3 Å². The molecule has 7 nitrogen and oxygen atoms in total. The van der Waals surface area contributed by atoms with Gasteiger partial charge in [-0.15, -0.1) is 0 Å². The van der Waals surface area contributed by atoms with Crippen LogP contribution in [0, 0.1) is 0 Å². The van der Waals surface area contributed by atoms with Gasteiger partial charge in [-0.05, 0) is 42.8 Å². The summed E-state index contributed by atoms with van der Waals surface area (Å²) in [6.07, 6.45) is 0.686. The predicted octanol–water partition coefficient (Wildman–Crippen LogP) is 2.41. The number of benzene rings is 1. The lowest BCUT2D eigenvalue weighted by atomic mass is 10.2. The van der Waals surface area contributed by atoms with Crippen molar-refractivity contribution in [3.8, 4) is 0 Å². The Kier molecular flexibility index (Phi) is 6.08. The van der Waals surface area contributed by atoms with Crippen molar-refractivity contribution in [1.82, 2.24) is 4.98 Å². The minimum absolute atomic E-state index is 0.154. The second kappa shape index (κ2) is 8.25. The molecule has 1 atom stereocenters. The lowest BCUT2D eigenvalue weighted by Gasteiger charge is -2.16. The number of hydrogen-bond acceptors (Lipinski definition) is 5. The van der Waals surface area contributed by atoms with Crippen LogP contribution < -0.4 is 11.1 Å². The first-order valence-corrected chi connectivity index (χ1v) is 7.81. The molecule has 3 N–H and O–H groups in total. The molecule has 8 heteroatoms. The lowest BCUT2D eigenvalue weighted by molar-refractivity contribution is -0.124. The smallest absolute Gasteiger partial charge is 0.339 e. The topological polar surface area (TPSA) is 111 Å². The van der Waals surface area contributed by atoms with Gasteiger partial charge in [0.1, 0.15) is 5.15 Å². The Bertz CT molecular complexity index is 793. The van der Waals surface area contributed by atoms with E-state index in [1.165, 1.54) is 42.6 Å². The first kappa shape index (κ1) is 18.4. The molecule has 0 aliphatic carbocycles. The zero-order valence-electron chi connectivity index (χ0n) is 13.4. The first-order chi connectivity index (χ1) is 11.9. The number of carbonyl (C=O) groups is 3. The molecule has 2 amide bonds. The minimum atomic E-state index is -0.977. The van der Waals surface area contributed by atoms with Gasteiger partial charge in [0.25, 0.3) is 5.91 Å². The maximum absolute atomic E-state index is 12.3. The number of nitrogens with one attached hydrogen (secondary N) is 1. The van der Waals surface area contributed by atoms with Crippen molar-refractivity contribution in [2.45, 2.75) is 19.4 Å². The van der Waals surface area contributed by atoms with Crippen LogP contribution in [0.2, 0.25) is 5.15 Å². The van der Waals surface area contributed by atoms with Gasteiger partial charge in [0, 0.05) is 17.4 Å². The number of halogens is 1. The van der Waals surface area contributed by atoms with E-state index in [1.807, 2.05) is 0 Å². The molecule has 2 rings (SSSR count). The number of primary amides is 1. The Morgan fingerprint density at radius 3 is 2.44 bits per heavy atom. The van der Waals surface area contributed by atoms with Gasteiger partial charge in [-0.3, -0.25) is 9.59 Å². The number of rotatable bonds is 6. The van der Waals surface area contributed by atoms with E-state index < -0.39 is 23.9 Å². The number of pyridine rings is 1. The fourth-order valence-electron chi connectivity index (χ4n) is 1.99. The van der Waals surface area contributed by atoms with Crippen molar-refractivity contribution in [2.75, 3.05) is 5.32 Å². The fourth-order valence-corrected chi connectivity index (χ4v) is 2.16. The average molecular weight is 362 g/mol. The highest BCUT2D eigenvalue weighted by Gasteiger charge is 2.22. The van der Waals surface area contributed by atoms with Crippen molar-refractivity contribution < 1.29 is 19.1 Å². The maximum Gasteiger partial charge on any atom is 0.339 e. The van der Waals surface area contributed by atoms with Crippen LogP contribution >= 0.6 is 11.6 Å². The number of aromatic nitrogens is 1. The van der Waals surface area contributed by atoms with Crippen LogP contribution in [0.1, 0.15) is 34.1 Å². The summed E-state index contributed by atoms with van der Waals surface area (Å²) in [5, 5.41) is 2.77. The average Bonchev–Trinajstić information content (AvgIpc) is 2.59. The monoisotopic (exact) mass is 361 g/mol. The molecule has 1 heterocycles. The zero-order chi connectivity index (χ0) is 18.4. The van der Waals surface area contributed by atoms with Gasteiger partial charge in [-0.2, -0.15) is 0 Å². The number of nitrogens with zero attached hydrogens (tertiary/aromatic N) is 1. The summed E-state index contributed by atoms with van der Waals surface area (Å²) in [5.41, 5.74) is 6.14. The zero-order valence-corrected chi connectivity index (χ0v) is 14.1. The number of nitrogens with two attached hydrogens (primary N) is 1. The van der Waals surface area contributed by atoms with Crippen molar-refractivity contribution in [1.29, 1.82) is 0 Å². The van der Waals surface area contributed by atoms with E-state index in [-0.39, 0.29) is 17.1 Å². The summed E-state index contributed by atoms with van der Waals surface area (Å²) in [4.78, 5) is 39.2. The second-order valence-corrected chi connectivity index (χ2v) is 5.49. The molecule has 0 fully saturated rings. The molecular weight excluding hydrogens is 346 g/mol. The third-order valence-electron chi connectivity index (χ3n) is 3.31. The van der Waals surface area contributed by atoms with Gasteiger partial charge in [-0.25, -0.2) is 9.78 Å². The molecule has 0 spiro atoms. The molecular formula is C17H16ClN3O4. The Labute approximate surface area is 149 Å². The number of anilines is 1. The van der Waals surface area contributed by atoms with Crippen molar-refractivity contribution in [2.24, 2.45) is 5.73 Å². The summed E-state index contributed by atoms with van der Waals surface area (Å²) in [5.74, 6) is -1.72. The van der Waals surface area contributed by atoms with E-state index in [9.17, 15) is 14.4 Å². The Morgan fingerprint density at radius 2 is 1.88 bits per heavy atom. The highest BCUT2D eigenvalue weighted by atomic mass is 35.5. The van der Waals surface area contributed by atoms with Crippen LogP contribution in [-0.4, -0.2) is 28.9 Å². The minimum Gasteiger partial charge on any atom is -0.449 e. The van der Waals surface area contributed by atoms with Crippen LogP contribution in [0.5, 0.6) is 0 Å². The fraction of sp³-hybridized carbons (Fsp3) is 0.176. The van der Waals surface area contributed by atoms with Crippen LogP contribution in [0.3, 0.4) is 0 Å². The summed E-state index contributed by atoms with van der Waals surface area (Å²) in [6.45, 7) is 1.72. The van der Waals surface area contributed by atoms with Gasteiger partial charge in [-0.1, -0.05) is 18.5 Å². The van der Waals surface area contributed by atoms with Crippen LogP contribution in [0.4, 0.5) is 5.69 Å². The Morgan fingerprint density at radius 1 is 1.20 bits per heavy atom. The van der Waals surface area contributed by atoms with Gasteiger partial charge in [0.15, 0.2) is 6.10 Å². The van der Waals surface area contributed by atoms with Crippen LogP contribution in [0.25, 0.3) is 0 Å². The highest BCUT2D eigenvalue weighted by Crippen LogP contribution is 2.14. The number of carbonyl (C=O) groups excluding carboxylic acids is 3. The largest absolute Gasteiger partial charge is 0.449 e. The molecule has 1 aromatic carbocycles. The third-order valence-corrected chi connectivity index (χ3v) is 3.52. The van der Waals surface area contributed by atoms with Crippen molar-refractivity contribution in [3.05, 3.63) is 58.9 Å². The van der Waals surface area contributed by atoms with E-state index in [1.54, 1.807) is 6.92 Å². The molecule has 25 heavy (non-hydrogen) atoms. The van der Waals surface area contributed by atoms with Crippen LogP contribution in [-0.2, 0) is 9.53 Å². The van der Waals surface area contributed by atoms with Gasteiger partial charge >= 0.3 is 5.97 Å². The molecule has 0 aliphatic heterocycles. The molecule has 0 saturated heterocycles. The van der Waals surface area contributed by atoms with Gasteiger partial charge in [0.2, 0.25) is 5.91 Å². The van der Waals surface area contributed by atoms with Crippen LogP contribution in [0.15, 0.2) is 42.6 Å². The predicted molar refractivity (Wildman–Crippen MR) is 92.3 cm³/mol. The van der Waals surface area contributed by atoms with E-state index in [4.69, 9.17) is 22.1 Å². The Hall–Kier alpha value is -2.93. The third kappa shape index (κ3) is 5.02. The van der Waals surface area contributed by atoms with Gasteiger partial charge in [0.05, 0.1) is 5.56 Å². The summed E-state index contributed by atoms with van der Waals surface area (Å²) in [6, 6.07) is 8.86. The number of esters is 1. The van der Waals surface area contributed by atoms with Crippen molar-refractivity contribution >= 4 is 35.1 Å². The van der Waals surface area contributed by atoms with E-state index >= 15 is 0 Å². The van der Waals surface area contributed by atoms with E-state index in [0.29, 0.717) is 11.3 Å². The maximum atomic E-state index is 12.3. The molecule has 1 aromatic heterocycles. The molecule has 0 saturated carbocycles.